The van der Waals surface area contributed by atoms with E-state index in [1.54, 1.807) is 0 Å². The van der Waals surface area contributed by atoms with Crippen LogP contribution < -0.4 is 11.2 Å². The van der Waals surface area contributed by atoms with E-state index in [9.17, 15) is 4.79 Å². The van der Waals surface area contributed by atoms with Gasteiger partial charge in [0.05, 0.1) is 0 Å². The van der Waals surface area contributed by atoms with Crippen LogP contribution in [0.4, 0.5) is 4.79 Å². The van der Waals surface area contributed by atoms with E-state index in [1.165, 1.54) is 6.42 Å². The molecule has 14 heavy (non-hydrogen) atoms. The molecule has 3 N–H and O–H groups in total. The van der Waals surface area contributed by atoms with E-state index in [0.717, 1.165) is 31.4 Å². The van der Waals surface area contributed by atoms with Crippen molar-refractivity contribution in [3.05, 3.63) is 12.7 Å². The van der Waals surface area contributed by atoms with Crippen molar-refractivity contribution in [1.29, 1.82) is 0 Å². The van der Waals surface area contributed by atoms with Crippen LogP contribution in [-0.4, -0.2) is 11.7 Å². The van der Waals surface area contributed by atoms with Crippen molar-refractivity contribution in [3.63, 3.8) is 0 Å². The number of carbonyl (C=O) groups excluding carboxylic acids is 1. The summed E-state index contributed by atoms with van der Waals surface area (Å²) in [7, 11) is 0. The molecule has 4 nitrogen and oxygen atoms in total. The minimum absolute atomic E-state index is 0.438. The molecule has 0 aromatic carbocycles. The molecule has 2 amide bonds. The predicted molar refractivity (Wildman–Crippen MR) is 56.9 cm³/mol. The zero-order valence-corrected chi connectivity index (χ0v) is 8.33. The highest BCUT2D eigenvalue weighted by atomic mass is 16.2. The van der Waals surface area contributed by atoms with Crippen molar-refractivity contribution in [3.8, 4) is 0 Å². The third kappa shape index (κ3) is 3.20. The number of hydrazone groups is 1. The van der Waals surface area contributed by atoms with Crippen molar-refractivity contribution < 1.29 is 4.79 Å². The predicted octanol–water partition coefficient (Wildman–Crippen LogP) is 1.78. The summed E-state index contributed by atoms with van der Waals surface area (Å²) in [5.74, 6) is 0.438. The maximum absolute atomic E-state index is 10.5. The first-order chi connectivity index (χ1) is 6.74. The fraction of sp³-hybridized carbons (Fsp3) is 0.600. The summed E-state index contributed by atoms with van der Waals surface area (Å²) >= 11 is 0. The Morgan fingerprint density at radius 2 is 2.50 bits per heavy atom. The lowest BCUT2D eigenvalue weighted by Crippen LogP contribution is -2.28. The van der Waals surface area contributed by atoms with Gasteiger partial charge in [0.1, 0.15) is 0 Å². The number of urea groups is 1. The van der Waals surface area contributed by atoms with Gasteiger partial charge in [-0.15, -0.1) is 6.58 Å². The van der Waals surface area contributed by atoms with E-state index < -0.39 is 6.03 Å². The van der Waals surface area contributed by atoms with Gasteiger partial charge in [0.25, 0.3) is 0 Å². The first-order valence-corrected chi connectivity index (χ1v) is 4.97. The molecule has 1 aliphatic carbocycles. The average Bonchev–Trinajstić information content (AvgIpc) is 2.17. The van der Waals surface area contributed by atoms with Gasteiger partial charge in [-0.05, 0) is 25.7 Å². The summed E-state index contributed by atoms with van der Waals surface area (Å²) in [4.78, 5) is 10.5. The molecule has 1 aliphatic rings. The summed E-state index contributed by atoms with van der Waals surface area (Å²) in [5, 5.41) is 4.03. The summed E-state index contributed by atoms with van der Waals surface area (Å²) in [6.45, 7) is 3.72. The van der Waals surface area contributed by atoms with Crippen LogP contribution in [0.1, 0.15) is 32.1 Å². The SMILES string of the molecule is C=CC[C@@H]1CCCC/C1=N/NC(N)=O. The largest absolute Gasteiger partial charge is 0.350 e. The summed E-state index contributed by atoms with van der Waals surface area (Å²) < 4.78 is 0. The Balaban J connectivity index is 2.56. The van der Waals surface area contributed by atoms with E-state index in [1.807, 2.05) is 6.08 Å². The van der Waals surface area contributed by atoms with Crippen LogP contribution >= 0.6 is 0 Å². The van der Waals surface area contributed by atoms with Crippen molar-refractivity contribution in [2.45, 2.75) is 32.1 Å². The van der Waals surface area contributed by atoms with Gasteiger partial charge in [-0.3, -0.25) is 0 Å². The van der Waals surface area contributed by atoms with E-state index in [4.69, 9.17) is 5.73 Å². The average molecular weight is 195 g/mol. The smallest absolute Gasteiger partial charge is 0.332 e. The number of carbonyl (C=O) groups is 1. The van der Waals surface area contributed by atoms with Gasteiger partial charge in [-0.25, -0.2) is 10.2 Å². The molecule has 0 aliphatic heterocycles. The fourth-order valence-corrected chi connectivity index (χ4v) is 1.80. The monoisotopic (exact) mass is 195 g/mol. The first-order valence-electron chi connectivity index (χ1n) is 4.97. The molecule has 1 fully saturated rings. The molecule has 4 heteroatoms. The minimum Gasteiger partial charge on any atom is -0.350 e. The van der Waals surface area contributed by atoms with Gasteiger partial charge < -0.3 is 5.73 Å². The number of nitrogens with zero attached hydrogens (tertiary/aromatic N) is 1. The Kier molecular flexibility index (Phi) is 4.16. The summed E-state index contributed by atoms with van der Waals surface area (Å²) in [6.07, 6.45) is 7.29. The normalized spacial score (nSPS) is 24.6. The van der Waals surface area contributed by atoms with E-state index in [-0.39, 0.29) is 0 Å². The van der Waals surface area contributed by atoms with Crippen molar-refractivity contribution >= 4 is 11.7 Å². The minimum atomic E-state index is -0.597. The highest BCUT2D eigenvalue weighted by Crippen LogP contribution is 2.24. The van der Waals surface area contributed by atoms with E-state index in [2.05, 4.69) is 17.1 Å². The molecule has 1 saturated carbocycles. The lowest BCUT2D eigenvalue weighted by atomic mass is 9.85. The van der Waals surface area contributed by atoms with Gasteiger partial charge in [0.2, 0.25) is 0 Å². The first kappa shape index (κ1) is 10.8. The van der Waals surface area contributed by atoms with Gasteiger partial charge in [0, 0.05) is 11.6 Å². The lowest BCUT2D eigenvalue weighted by molar-refractivity contribution is 0.249. The number of amides is 2. The number of rotatable bonds is 3. The molecule has 0 spiro atoms. The lowest BCUT2D eigenvalue weighted by Gasteiger charge is -2.22. The second-order valence-electron chi connectivity index (χ2n) is 3.55. The molecular formula is C10H17N3O. The quantitative estimate of drug-likeness (QED) is 0.523. The number of allylic oxidation sites excluding steroid dienone is 1. The fourth-order valence-electron chi connectivity index (χ4n) is 1.80. The number of nitrogens with one attached hydrogen (secondary N) is 1. The summed E-state index contributed by atoms with van der Waals surface area (Å²) in [6, 6.07) is -0.597. The second kappa shape index (κ2) is 5.42. The Labute approximate surface area is 84.2 Å². The molecule has 0 aromatic heterocycles. The van der Waals surface area contributed by atoms with Gasteiger partial charge >= 0.3 is 6.03 Å². The van der Waals surface area contributed by atoms with Crippen molar-refractivity contribution in [1.82, 2.24) is 5.43 Å². The van der Waals surface area contributed by atoms with Gasteiger partial charge in [0.15, 0.2) is 0 Å². The molecule has 1 atom stereocenters. The highest BCUT2D eigenvalue weighted by molar-refractivity contribution is 5.88. The topological polar surface area (TPSA) is 67.5 Å². The number of hydrogen-bond donors (Lipinski definition) is 2. The van der Waals surface area contributed by atoms with Crippen molar-refractivity contribution in [2.24, 2.45) is 16.8 Å². The van der Waals surface area contributed by atoms with E-state index in [0.29, 0.717) is 5.92 Å². The molecule has 0 bridgehead atoms. The molecule has 1 rings (SSSR count). The van der Waals surface area contributed by atoms with Crippen LogP contribution in [0, 0.1) is 5.92 Å². The highest BCUT2D eigenvalue weighted by Gasteiger charge is 2.19. The Morgan fingerprint density at radius 1 is 1.71 bits per heavy atom. The molecule has 0 heterocycles. The molecule has 0 aromatic rings. The number of primary amides is 1. The second-order valence-corrected chi connectivity index (χ2v) is 3.55. The van der Waals surface area contributed by atoms with Crippen LogP contribution in [0.2, 0.25) is 0 Å². The van der Waals surface area contributed by atoms with Crippen molar-refractivity contribution in [2.75, 3.05) is 0 Å². The number of hydrogen-bond acceptors (Lipinski definition) is 2. The Morgan fingerprint density at radius 3 is 3.14 bits per heavy atom. The Bertz CT molecular complexity index is 248. The maximum atomic E-state index is 10.5. The standard InChI is InChI=1S/C10H17N3O/c1-2-5-8-6-3-4-7-9(8)12-13-10(11)14/h2,8H,1,3-7H2,(H3,11,13,14)/b12-9-/t8-/m1/s1. The maximum Gasteiger partial charge on any atom is 0.332 e. The Hall–Kier alpha value is -1.32. The van der Waals surface area contributed by atoms with Crippen LogP contribution in [0.25, 0.3) is 0 Å². The third-order valence-electron chi connectivity index (χ3n) is 2.47. The molecule has 0 saturated heterocycles. The van der Waals surface area contributed by atoms with Gasteiger partial charge in [-0.2, -0.15) is 5.10 Å². The van der Waals surface area contributed by atoms with Crippen LogP contribution in [0.15, 0.2) is 17.8 Å². The van der Waals surface area contributed by atoms with Gasteiger partial charge in [-0.1, -0.05) is 12.5 Å². The van der Waals surface area contributed by atoms with Crippen LogP contribution in [-0.2, 0) is 0 Å². The molecular weight excluding hydrogens is 178 g/mol. The van der Waals surface area contributed by atoms with Crippen LogP contribution in [0.5, 0.6) is 0 Å². The molecule has 0 radical (unpaired) electrons. The molecule has 0 unspecified atom stereocenters. The molecule has 78 valence electrons. The third-order valence-corrected chi connectivity index (χ3v) is 2.47. The zero-order chi connectivity index (χ0) is 10.4. The van der Waals surface area contributed by atoms with E-state index >= 15 is 0 Å². The zero-order valence-electron chi connectivity index (χ0n) is 8.33. The number of nitrogens with two attached hydrogens (primary N) is 1. The van der Waals surface area contributed by atoms with Crippen LogP contribution in [0.3, 0.4) is 0 Å². The summed E-state index contributed by atoms with van der Waals surface area (Å²) in [5.41, 5.74) is 8.30.